The van der Waals surface area contributed by atoms with Crippen LogP contribution in [0.25, 0.3) is 16.7 Å². The number of nitriles is 1. The largest absolute Gasteiger partial charge is 0.316 e. The van der Waals surface area contributed by atoms with Crippen molar-refractivity contribution in [1.82, 2.24) is 19.2 Å². The first kappa shape index (κ1) is 21.9. The van der Waals surface area contributed by atoms with Gasteiger partial charge in [0.25, 0.3) is 5.56 Å². The molecule has 0 fully saturated rings. The number of rotatable bonds is 6. The first-order chi connectivity index (χ1) is 16.5. The number of carbonyl (C=O) groups excluding carboxylic acids is 1. The summed E-state index contributed by atoms with van der Waals surface area (Å²) in [4.78, 5) is 25.8. The maximum atomic E-state index is 13.3. The smallest absolute Gasteiger partial charge is 0.263 e. The van der Waals surface area contributed by atoms with Gasteiger partial charge in [0.2, 0.25) is 11.7 Å². The quantitative estimate of drug-likeness (QED) is 0.363. The van der Waals surface area contributed by atoms with E-state index in [0.717, 1.165) is 11.1 Å². The molecule has 0 bridgehead atoms. The van der Waals surface area contributed by atoms with Gasteiger partial charge < -0.3 is 5.32 Å². The predicted molar refractivity (Wildman–Crippen MR) is 133 cm³/mol. The minimum Gasteiger partial charge on any atom is -0.316 e. The SMILES string of the molecule is Cc1ccc(Cn2c(=O)c3ccccc3n3c(SCC(=O)Nc4sccc4C#N)nnc23)cc1. The van der Waals surface area contributed by atoms with Crippen molar-refractivity contribution in [2.75, 3.05) is 11.1 Å². The van der Waals surface area contributed by atoms with E-state index in [1.807, 2.05) is 53.8 Å². The first-order valence-corrected chi connectivity index (χ1v) is 12.2. The third kappa shape index (κ3) is 4.07. The van der Waals surface area contributed by atoms with Crippen LogP contribution in [0.3, 0.4) is 0 Å². The number of nitrogens with zero attached hydrogens (tertiary/aromatic N) is 5. The molecule has 0 saturated heterocycles. The van der Waals surface area contributed by atoms with Gasteiger partial charge in [-0.1, -0.05) is 53.7 Å². The van der Waals surface area contributed by atoms with Crippen molar-refractivity contribution in [2.24, 2.45) is 0 Å². The summed E-state index contributed by atoms with van der Waals surface area (Å²) in [5.74, 6) is 0.241. The van der Waals surface area contributed by atoms with Gasteiger partial charge in [-0.15, -0.1) is 21.5 Å². The molecule has 0 atom stereocenters. The lowest BCUT2D eigenvalue weighted by Gasteiger charge is -2.11. The van der Waals surface area contributed by atoms with Crippen molar-refractivity contribution in [3.63, 3.8) is 0 Å². The molecule has 3 aromatic heterocycles. The van der Waals surface area contributed by atoms with E-state index in [4.69, 9.17) is 5.26 Å². The maximum Gasteiger partial charge on any atom is 0.263 e. The molecule has 0 unspecified atom stereocenters. The van der Waals surface area contributed by atoms with E-state index in [9.17, 15) is 9.59 Å². The molecule has 0 radical (unpaired) electrons. The molecule has 3 heterocycles. The number of carbonyl (C=O) groups is 1. The Bertz CT molecular complexity index is 1630. The van der Waals surface area contributed by atoms with E-state index in [1.165, 1.54) is 23.1 Å². The number of anilines is 1. The van der Waals surface area contributed by atoms with Gasteiger partial charge in [0.15, 0.2) is 5.16 Å². The van der Waals surface area contributed by atoms with Gasteiger partial charge >= 0.3 is 0 Å². The normalized spacial score (nSPS) is 11.1. The number of thiophene rings is 1. The second-order valence-corrected chi connectivity index (χ2v) is 9.48. The van der Waals surface area contributed by atoms with Crippen LogP contribution >= 0.6 is 23.1 Å². The van der Waals surface area contributed by atoms with Crippen LogP contribution in [0.5, 0.6) is 0 Å². The Balaban J connectivity index is 1.50. The molecule has 1 amide bonds. The van der Waals surface area contributed by atoms with Crippen molar-refractivity contribution in [1.29, 1.82) is 5.26 Å². The summed E-state index contributed by atoms with van der Waals surface area (Å²) in [5.41, 5.74) is 3.09. The number of para-hydroxylation sites is 1. The summed E-state index contributed by atoms with van der Waals surface area (Å²) in [7, 11) is 0. The average molecular weight is 487 g/mol. The highest BCUT2D eigenvalue weighted by Gasteiger charge is 2.18. The molecule has 0 aliphatic heterocycles. The van der Waals surface area contributed by atoms with Gasteiger partial charge in [-0.3, -0.25) is 18.6 Å². The van der Waals surface area contributed by atoms with Gasteiger partial charge in [-0.25, -0.2) is 0 Å². The summed E-state index contributed by atoms with van der Waals surface area (Å²) in [5, 5.41) is 23.8. The highest BCUT2D eigenvalue weighted by atomic mass is 32.2. The van der Waals surface area contributed by atoms with Crippen LogP contribution in [0.15, 0.2) is 69.9 Å². The Kier molecular flexibility index (Phi) is 5.88. The highest BCUT2D eigenvalue weighted by molar-refractivity contribution is 7.99. The highest BCUT2D eigenvalue weighted by Crippen LogP contribution is 2.25. The van der Waals surface area contributed by atoms with Crippen LogP contribution in [0.2, 0.25) is 0 Å². The zero-order chi connectivity index (χ0) is 23.7. The fourth-order valence-corrected chi connectivity index (χ4v) is 5.13. The molecule has 5 aromatic rings. The second kappa shape index (κ2) is 9.13. The molecule has 8 nitrogen and oxygen atoms in total. The van der Waals surface area contributed by atoms with Gasteiger partial charge in [-0.2, -0.15) is 5.26 Å². The van der Waals surface area contributed by atoms with Crippen LogP contribution in [0, 0.1) is 18.3 Å². The number of amides is 1. The minimum atomic E-state index is -0.252. The van der Waals surface area contributed by atoms with Crippen LogP contribution in [-0.4, -0.2) is 30.8 Å². The number of thioether (sulfide) groups is 1. The summed E-state index contributed by atoms with van der Waals surface area (Å²) in [6.45, 7) is 2.37. The molecule has 2 aromatic carbocycles. The van der Waals surface area contributed by atoms with E-state index in [1.54, 1.807) is 22.1 Å². The lowest BCUT2D eigenvalue weighted by atomic mass is 10.1. The zero-order valence-corrected chi connectivity index (χ0v) is 19.7. The summed E-state index contributed by atoms with van der Waals surface area (Å²) >= 11 is 2.52. The fraction of sp³-hybridized carbons (Fsp3) is 0.125. The van der Waals surface area contributed by atoms with Gasteiger partial charge in [0.1, 0.15) is 11.1 Å². The number of benzene rings is 2. The third-order valence-electron chi connectivity index (χ3n) is 5.31. The molecule has 0 saturated carbocycles. The second-order valence-electron chi connectivity index (χ2n) is 7.62. The first-order valence-electron chi connectivity index (χ1n) is 10.4. The molecular formula is C24H18N6O2S2. The van der Waals surface area contributed by atoms with Crippen LogP contribution in [0.4, 0.5) is 5.00 Å². The topological polar surface area (TPSA) is 105 Å². The Labute approximate surface area is 202 Å². The van der Waals surface area contributed by atoms with E-state index >= 15 is 0 Å². The number of fused-ring (bicyclic) bond motifs is 3. The Morgan fingerprint density at radius 3 is 2.74 bits per heavy atom. The molecule has 0 aliphatic rings. The van der Waals surface area contributed by atoms with Crippen molar-refractivity contribution in [2.45, 2.75) is 18.6 Å². The Hall–Kier alpha value is -3.94. The van der Waals surface area contributed by atoms with E-state index < -0.39 is 0 Å². The van der Waals surface area contributed by atoms with Gasteiger partial charge in [0.05, 0.1) is 28.8 Å². The minimum absolute atomic E-state index is 0.0784. The van der Waals surface area contributed by atoms with E-state index in [0.29, 0.717) is 38.9 Å². The lowest BCUT2D eigenvalue weighted by molar-refractivity contribution is -0.113. The Morgan fingerprint density at radius 1 is 1.15 bits per heavy atom. The lowest BCUT2D eigenvalue weighted by Crippen LogP contribution is -2.24. The van der Waals surface area contributed by atoms with Crippen LogP contribution < -0.4 is 10.9 Å². The molecule has 0 spiro atoms. The number of aryl methyl sites for hydroxylation is 1. The Morgan fingerprint density at radius 2 is 1.94 bits per heavy atom. The van der Waals surface area contributed by atoms with Gasteiger partial charge in [0, 0.05) is 0 Å². The van der Waals surface area contributed by atoms with Gasteiger partial charge in [-0.05, 0) is 36.1 Å². The number of nitrogens with one attached hydrogen (secondary N) is 1. The summed E-state index contributed by atoms with van der Waals surface area (Å²) < 4.78 is 3.42. The molecule has 10 heteroatoms. The third-order valence-corrected chi connectivity index (χ3v) is 7.07. The number of hydrogen-bond acceptors (Lipinski definition) is 7. The summed E-state index contributed by atoms with van der Waals surface area (Å²) in [6, 6.07) is 19.0. The van der Waals surface area contributed by atoms with Crippen LogP contribution in [-0.2, 0) is 11.3 Å². The average Bonchev–Trinajstić information content (AvgIpc) is 3.48. The van der Waals surface area contributed by atoms with E-state index in [-0.39, 0.29) is 17.2 Å². The molecule has 1 N–H and O–H groups in total. The van der Waals surface area contributed by atoms with Crippen molar-refractivity contribution in [3.05, 3.63) is 87.0 Å². The predicted octanol–water partition coefficient (Wildman–Crippen LogP) is 4.06. The van der Waals surface area contributed by atoms with E-state index in [2.05, 4.69) is 21.6 Å². The number of aromatic nitrogens is 4. The van der Waals surface area contributed by atoms with Crippen molar-refractivity contribution >= 4 is 50.7 Å². The molecule has 5 rings (SSSR count). The fourth-order valence-electron chi connectivity index (χ4n) is 3.63. The van der Waals surface area contributed by atoms with Crippen molar-refractivity contribution < 1.29 is 4.79 Å². The molecular weight excluding hydrogens is 468 g/mol. The zero-order valence-electron chi connectivity index (χ0n) is 18.1. The number of hydrogen-bond donors (Lipinski definition) is 1. The molecule has 34 heavy (non-hydrogen) atoms. The monoisotopic (exact) mass is 486 g/mol. The standard InChI is InChI=1S/C24H18N6O2S2/c1-15-6-8-16(9-7-15)13-29-22(32)18-4-2-3-5-19(18)30-23(29)27-28-24(30)34-14-20(31)26-21-17(12-25)10-11-33-21/h2-11H,13-14H2,1H3,(H,26,31). The van der Waals surface area contributed by atoms with Crippen molar-refractivity contribution in [3.8, 4) is 6.07 Å². The molecule has 0 aliphatic carbocycles. The maximum absolute atomic E-state index is 13.3. The molecule has 168 valence electrons. The van der Waals surface area contributed by atoms with Crippen LogP contribution in [0.1, 0.15) is 16.7 Å². The summed E-state index contributed by atoms with van der Waals surface area (Å²) in [6.07, 6.45) is 0.